The van der Waals surface area contributed by atoms with Gasteiger partial charge in [-0.2, -0.15) is 0 Å². The summed E-state index contributed by atoms with van der Waals surface area (Å²) in [6.07, 6.45) is 5.47. The number of likely N-dealkylation sites (N-methyl/N-ethyl adjacent to an activating group) is 1. The van der Waals surface area contributed by atoms with Gasteiger partial charge >= 0.3 is 0 Å². The average Bonchev–Trinajstić information content (AvgIpc) is 3.14. The van der Waals surface area contributed by atoms with Crippen molar-refractivity contribution in [3.8, 4) is 5.75 Å². The topological polar surface area (TPSA) is 48.9 Å². The Labute approximate surface area is 146 Å². The van der Waals surface area contributed by atoms with E-state index >= 15 is 0 Å². The molecule has 134 valence electrons. The summed E-state index contributed by atoms with van der Waals surface area (Å²) in [4.78, 5) is 7.15. The molecule has 0 aliphatic heterocycles. The van der Waals surface area contributed by atoms with Crippen molar-refractivity contribution in [3.05, 3.63) is 29.8 Å². The molecule has 24 heavy (non-hydrogen) atoms. The molecule has 1 aliphatic carbocycles. The molecule has 1 saturated carbocycles. The molecule has 0 heterocycles. The second-order valence-corrected chi connectivity index (χ2v) is 6.39. The summed E-state index contributed by atoms with van der Waals surface area (Å²) >= 11 is 0. The minimum atomic E-state index is 0.664. The Kier molecular flexibility index (Phi) is 7.89. The fraction of sp³-hybridized carbons (Fsp3) is 0.632. The van der Waals surface area contributed by atoms with Gasteiger partial charge in [0.15, 0.2) is 5.96 Å². The third kappa shape index (κ3) is 6.04. The van der Waals surface area contributed by atoms with Crippen molar-refractivity contribution in [2.45, 2.75) is 45.2 Å². The molecule has 0 spiro atoms. The predicted molar refractivity (Wildman–Crippen MR) is 101 cm³/mol. The molecule has 0 unspecified atom stereocenters. The van der Waals surface area contributed by atoms with Crippen LogP contribution in [0, 0.1) is 0 Å². The van der Waals surface area contributed by atoms with E-state index in [0.29, 0.717) is 6.54 Å². The highest BCUT2D eigenvalue weighted by Crippen LogP contribution is 2.21. The van der Waals surface area contributed by atoms with E-state index < -0.39 is 0 Å². The number of guanidine groups is 1. The highest BCUT2D eigenvalue weighted by molar-refractivity contribution is 5.79. The van der Waals surface area contributed by atoms with Crippen LogP contribution in [0.15, 0.2) is 29.3 Å². The Morgan fingerprint density at radius 1 is 1.21 bits per heavy atom. The largest absolute Gasteiger partial charge is 0.497 e. The standard InChI is InChI=1S/C19H32N4O/c1-4-20-19(21-13-14-23(2)17-7-5-6-8-17)22-15-16-9-11-18(24-3)12-10-16/h9-12,17H,4-8,13-15H2,1-3H3,(H2,20,21,22). The Balaban J connectivity index is 1.78. The first-order chi connectivity index (χ1) is 11.7. The molecular weight excluding hydrogens is 300 g/mol. The highest BCUT2D eigenvalue weighted by Gasteiger charge is 2.18. The zero-order chi connectivity index (χ0) is 17.2. The summed E-state index contributed by atoms with van der Waals surface area (Å²) in [5.74, 6) is 1.76. The molecule has 5 nitrogen and oxygen atoms in total. The quantitative estimate of drug-likeness (QED) is 0.567. The minimum absolute atomic E-state index is 0.664. The molecule has 5 heteroatoms. The monoisotopic (exact) mass is 332 g/mol. The highest BCUT2D eigenvalue weighted by atomic mass is 16.5. The van der Waals surface area contributed by atoms with Gasteiger partial charge in [-0.1, -0.05) is 25.0 Å². The van der Waals surface area contributed by atoms with Gasteiger partial charge in [0, 0.05) is 25.7 Å². The summed E-state index contributed by atoms with van der Waals surface area (Å²) in [6, 6.07) is 8.83. The van der Waals surface area contributed by atoms with Crippen LogP contribution < -0.4 is 15.4 Å². The predicted octanol–water partition coefficient (Wildman–Crippen LogP) is 2.62. The first-order valence-electron chi connectivity index (χ1n) is 9.08. The van der Waals surface area contributed by atoms with Crippen LogP contribution in [0.1, 0.15) is 38.2 Å². The summed E-state index contributed by atoms with van der Waals surface area (Å²) in [5, 5.41) is 6.75. The maximum Gasteiger partial charge on any atom is 0.191 e. The van der Waals surface area contributed by atoms with Crippen LogP contribution in [0.4, 0.5) is 0 Å². The van der Waals surface area contributed by atoms with Gasteiger partial charge in [0.1, 0.15) is 5.75 Å². The van der Waals surface area contributed by atoms with E-state index in [1.165, 1.54) is 31.2 Å². The van der Waals surface area contributed by atoms with E-state index in [4.69, 9.17) is 4.74 Å². The Morgan fingerprint density at radius 2 is 1.92 bits per heavy atom. The lowest BCUT2D eigenvalue weighted by atomic mass is 10.2. The minimum Gasteiger partial charge on any atom is -0.497 e. The van der Waals surface area contributed by atoms with E-state index in [1.54, 1.807) is 7.11 Å². The first-order valence-corrected chi connectivity index (χ1v) is 9.08. The number of hydrogen-bond acceptors (Lipinski definition) is 3. The van der Waals surface area contributed by atoms with Crippen molar-refractivity contribution in [1.82, 2.24) is 15.5 Å². The first kappa shape index (κ1) is 18.6. The lowest BCUT2D eigenvalue weighted by molar-refractivity contribution is 0.249. The van der Waals surface area contributed by atoms with E-state index in [1.807, 2.05) is 12.1 Å². The van der Waals surface area contributed by atoms with Gasteiger partial charge < -0.3 is 20.3 Å². The number of nitrogens with one attached hydrogen (secondary N) is 2. The molecule has 1 aliphatic rings. The van der Waals surface area contributed by atoms with Crippen molar-refractivity contribution in [2.24, 2.45) is 4.99 Å². The van der Waals surface area contributed by atoms with Crippen molar-refractivity contribution in [1.29, 1.82) is 0 Å². The number of methoxy groups -OCH3 is 1. The zero-order valence-corrected chi connectivity index (χ0v) is 15.3. The number of benzene rings is 1. The second-order valence-electron chi connectivity index (χ2n) is 6.39. The summed E-state index contributed by atoms with van der Waals surface area (Å²) < 4.78 is 5.19. The zero-order valence-electron chi connectivity index (χ0n) is 15.3. The molecule has 0 saturated heterocycles. The lowest BCUT2D eigenvalue weighted by Gasteiger charge is -2.24. The van der Waals surface area contributed by atoms with E-state index in [0.717, 1.165) is 37.4 Å². The summed E-state index contributed by atoms with van der Waals surface area (Å²) in [5.41, 5.74) is 1.18. The van der Waals surface area contributed by atoms with Crippen LogP contribution in [0.3, 0.4) is 0 Å². The number of ether oxygens (including phenoxy) is 1. The molecule has 0 bridgehead atoms. The van der Waals surface area contributed by atoms with Gasteiger partial charge in [-0.3, -0.25) is 0 Å². The number of hydrogen-bond donors (Lipinski definition) is 2. The fourth-order valence-electron chi connectivity index (χ4n) is 3.12. The van der Waals surface area contributed by atoms with Crippen LogP contribution >= 0.6 is 0 Å². The maximum absolute atomic E-state index is 5.19. The molecule has 0 atom stereocenters. The lowest BCUT2D eigenvalue weighted by Crippen LogP contribution is -2.42. The van der Waals surface area contributed by atoms with E-state index in [2.05, 4.69) is 46.6 Å². The molecule has 2 rings (SSSR count). The van der Waals surface area contributed by atoms with Gasteiger partial charge in [0.25, 0.3) is 0 Å². The number of nitrogens with zero attached hydrogens (tertiary/aromatic N) is 2. The van der Waals surface area contributed by atoms with Crippen LogP contribution in [0.5, 0.6) is 5.75 Å². The second kappa shape index (κ2) is 10.2. The van der Waals surface area contributed by atoms with Gasteiger partial charge in [0.05, 0.1) is 13.7 Å². The molecule has 0 aromatic heterocycles. The summed E-state index contributed by atoms with van der Waals surface area (Å²) in [7, 11) is 3.92. The maximum atomic E-state index is 5.19. The van der Waals surface area contributed by atoms with Gasteiger partial charge in [-0.05, 0) is 44.5 Å². The third-order valence-corrected chi connectivity index (χ3v) is 4.63. The van der Waals surface area contributed by atoms with Gasteiger partial charge in [-0.15, -0.1) is 0 Å². The fourth-order valence-corrected chi connectivity index (χ4v) is 3.12. The van der Waals surface area contributed by atoms with Gasteiger partial charge in [0.2, 0.25) is 0 Å². The SMILES string of the molecule is CCNC(=NCc1ccc(OC)cc1)NCCN(C)C1CCCC1. The molecular formula is C19H32N4O. The van der Waals surface area contributed by atoms with Crippen LogP contribution in [-0.2, 0) is 6.54 Å². The normalized spacial score (nSPS) is 15.8. The molecule has 1 aromatic carbocycles. The number of rotatable bonds is 8. The Bertz CT molecular complexity index is 495. The Hall–Kier alpha value is -1.75. The van der Waals surface area contributed by atoms with Crippen LogP contribution in [0.25, 0.3) is 0 Å². The van der Waals surface area contributed by atoms with Gasteiger partial charge in [-0.25, -0.2) is 4.99 Å². The molecule has 1 aromatic rings. The van der Waals surface area contributed by atoms with Crippen LogP contribution in [0.2, 0.25) is 0 Å². The molecule has 2 N–H and O–H groups in total. The smallest absolute Gasteiger partial charge is 0.191 e. The number of aliphatic imine (C=N–C) groups is 1. The molecule has 0 amide bonds. The van der Waals surface area contributed by atoms with E-state index in [-0.39, 0.29) is 0 Å². The molecule has 0 radical (unpaired) electrons. The van der Waals surface area contributed by atoms with Crippen molar-refractivity contribution >= 4 is 5.96 Å². The van der Waals surface area contributed by atoms with Crippen molar-refractivity contribution in [2.75, 3.05) is 33.8 Å². The third-order valence-electron chi connectivity index (χ3n) is 4.63. The van der Waals surface area contributed by atoms with Crippen molar-refractivity contribution in [3.63, 3.8) is 0 Å². The summed E-state index contributed by atoms with van der Waals surface area (Å²) in [6.45, 7) is 5.60. The van der Waals surface area contributed by atoms with E-state index in [9.17, 15) is 0 Å². The Morgan fingerprint density at radius 3 is 2.54 bits per heavy atom. The molecule has 1 fully saturated rings. The average molecular weight is 332 g/mol. The van der Waals surface area contributed by atoms with Crippen molar-refractivity contribution < 1.29 is 4.74 Å². The van der Waals surface area contributed by atoms with Crippen LogP contribution in [-0.4, -0.2) is 50.7 Å².